The number of carbonyl (C=O) groups excluding carboxylic acids is 1. The van der Waals surface area contributed by atoms with Crippen molar-refractivity contribution in [2.75, 3.05) is 0 Å². The molecule has 3 rings (SSSR count). The van der Waals surface area contributed by atoms with Gasteiger partial charge in [0.2, 0.25) is 0 Å². The lowest BCUT2D eigenvalue weighted by atomic mass is 9.86. The van der Waals surface area contributed by atoms with Crippen molar-refractivity contribution in [3.8, 4) is 0 Å². The number of thiophene rings is 1. The second-order valence-corrected chi connectivity index (χ2v) is 10.5. The van der Waals surface area contributed by atoms with Gasteiger partial charge in [0, 0.05) is 16.5 Å². The van der Waals surface area contributed by atoms with Crippen LogP contribution >= 0.6 is 23.6 Å². The number of amides is 1. The van der Waals surface area contributed by atoms with Crippen molar-refractivity contribution in [1.82, 2.24) is 30.5 Å². The van der Waals surface area contributed by atoms with Gasteiger partial charge in [0.05, 0.1) is 19.1 Å². The molecule has 3 aromatic rings. The summed E-state index contributed by atoms with van der Waals surface area (Å²) in [4.78, 5) is 17.6. The Labute approximate surface area is 217 Å². The van der Waals surface area contributed by atoms with Crippen LogP contribution < -0.4 is 10.7 Å². The molecule has 0 aliphatic rings. The molecule has 0 unspecified atom stereocenters. The first-order valence-corrected chi connectivity index (χ1v) is 12.3. The number of thiocarbonyl (C=S) groups is 1. The Hall–Kier alpha value is -3.16. The standard InChI is InChI=1S/C23H28F2N6O3S2/c1-15(23(33,12-30-14-26-13-28-30)18-8-7-16(24)10-19(18)25)31(29-21(32)34-22(2,3)4)20(35)27-11-17-6-5-9-36-17/h5-10,13-15,33H,11-12H2,1-4H3,(H,27,35)(H,29,32)/t15-,23-/m1/s1. The number of rotatable bonds is 7. The minimum atomic E-state index is -2.06. The molecular formula is C23H28F2N6O3S2. The summed E-state index contributed by atoms with van der Waals surface area (Å²) in [6.45, 7) is 6.70. The van der Waals surface area contributed by atoms with Crippen LogP contribution in [-0.4, -0.2) is 47.7 Å². The van der Waals surface area contributed by atoms with Gasteiger partial charge in [0.1, 0.15) is 35.5 Å². The number of hydrazine groups is 1. The number of nitrogens with one attached hydrogen (secondary N) is 2. The molecule has 0 saturated carbocycles. The summed E-state index contributed by atoms with van der Waals surface area (Å²) < 4.78 is 35.4. The van der Waals surface area contributed by atoms with E-state index in [4.69, 9.17) is 17.0 Å². The first-order chi connectivity index (χ1) is 16.9. The minimum absolute atomic E-state index is 0.0429. The average Bonchev–Trinajstić information content (AvgIpc) is 3.48. The van der Waals surface area contributed by atoms with Crippen LogP contribution in [0.2, 0.25) is 0 Å². The number of hydrogen-bond donors (Lipinski definition) is 3. The Morgan fingerprint density at radius 3 is 2.67 bits per heavy atom. The molecule has 0 aliphatic heterocycles. The SMILES string of the molecule is C[C@@H](N(NC(=O)OC(C)(C)C)C(=S)NCc1cccs1)[C@](O)(Cn1cncn1)c1ccc(F)cc1F. The predicted octanol–water partition coefficient (Wildman–Crippen LogP) is 3.71. The van der Waals surface area contributed by atoms with E-state index in [0.29, 0.717) is 12.6 Å². The summed E-state index contributed by atoms with van der Waals surface area (Å²) in [7, 11) is 0. The van der Waals surface area contributed by atoms with Gasteiger partial charge in [0.25, 0.3) is 0 Å². The molecule has 2 atom stereocenters. The molecule has 1 aromatic carbocycles. The lowest BCUT2D eigenvalue weighted by Crippen LogP contribution is -2.62. The maximum Gasteiger partial charge on any atom is 0.426 e. The summed E-state index contributed by atoms with van der Waals surface area (Å²) in [5, 5.41) is 22.1. The van der Waals surface area contributed by atoms with E-state index in [1.54, 1.807) is 20.8 Å². The van der Waals surface area contributed by atoms with Gasteiger partial charge in [-0.2, -0.15) is 5.10 Å². The fourth-order valence-electron chi connectivity index (χ4n) is 3.44. The summed E-state index contributed by atoms with van der Waals surface area (Å²) in [5.41, 5.74) is -0.534. The molecule has 0 aliphatic carbocycles. The van der Waals surface area contributed by atoms with E-state index in [9.17, 15) is 18.7 Å². The van der Waals surface area contributed by atoms with Crippen molar-refractivity contribution in [3.05, 3.63) is 70.4 Å². The second kappa shape index (κ2) is 11.3. The van der Waals surface area contributed by atoms with E-state index in [1.165, 1.54) is 40.6 Å². The lowest BCUT2D eigenvalue weighted by Gasteiger charge is -2.42. The van der Waals surface area contributed by atoms with E-state index in [-0.39, 0.29) is 17.2 Å². The molecule has 9 nitrogen and oxygen atoms in total. The maximum atomic E-state index is 15.0. The Morgan fingerprint density at radius 1 is 1.33 bits per heavy atom. The zero-order chi connectivity index (χ0) is 26.5. The van der Waals surface area contributed by atoms with Crippen LogP contribution in [0.25, 0.3) is 0 Å². The Balaban J connectivity index is 1.99. The first-order valence-electron chi connectivity index (χ1n) is 11.0. The average molecular weight is 539 g/mol. The predicted molar refractivity (Wildman–Crippen MR) is 135 cm³/mol. The summed E-state index contributed by atoms with van der Waals surface area (Å²) >= 11 is 7.06. The molecule has 13 heteroatoms. The quantitative estimate of drug-likeness (QED) is 0.309. The number of benzene rings is 1. The molecular weight excluding hydrogens is 510 g/mol. The largest absolute Gasteiger partial charge is 0.443 e. The van der Waals surface area contributed by atoms with Crippen molar-refractivity contribution < 1.29 is 23.4 Å². The van der Waals surface area contributed by atoms with E-state index < -0.39 is 35.0 Å². The lowest BCUT2D eigenvalue weighted by molar-refractivity contribution is -0.0583. The van der Waals surface area contributed by atoms with Gasteiger partial charge in [-0.3, -0.25) is 5.01 Å². The molecule has 194 valence electrons. The van der Waals surface area contributed by atoms with Crippen molar-refractivity contribution in [2.45, 2.75) is 58.0 Å². The minimum Gasteiger partial charge on any atom is -0.443 e. The molecule has 36 heavy (non-hydrogen) atoms. The van der Waals surface area contributed by atoms with Crippen LogP contribution in [0.15, 0.2) is 48.4 Å². The van der Waals surface area contributed by atoms with E-state index in [2.05, 4.69) is 20.8 Å². The van der Waals surface area contributed by atoms with Gasteiger partial charge in [-0.1, -0.05) is 12.1 Å². The number of aromatic nitrogens is 3. The molecule has 3 N–H and O–H groups in total. The van der Waals surface area contributed by atoms with Crippen molar-refractivity contribution in [2.24, 2.45) is 0 Å². The van der Waals surface area contributed by atoms with Crippen LogP contribution in [0.3, 0.4) is 0 Å². The van der Waals surface area contributed by atoms with Crippen LogP contribution in [0.1, 0.15) is 38.1 Å². The van der Waals surface area contributed by atoms with E-state index >= 15 is 0 Å². The molecule has 2 heterocycles. The van der Waals surface area contributed by atoms with Crippen molar-refractivity contribution >= 4 is 34.8 Å². The second-order valence-electron chi connectivity index (χ2n) is 9.04. The maximum absolute atomic E-state index is 15.0. The van der Waals surface area contributed by atoms with E-state index in [0.717, 1.165) is 17.0 Å². The van der Waals surface area contributed by atoms with Gasteiger partial charge < -0.3 is 15.2 Å². The topological polar surface area (TPSA) is 105 Å². The fraction of sp³-hybridized carbons (Fsp3) is 0.391. The monoisotopic (exact) mass is 538 g/mol. The van der Waals surface area contributed by atoms with Gasteiger partial charge in [0.15, 0.2) is 5.11 Å². The zero-order valence-corrected chi connectivity index (χ0v) is 21.9. The molecule has 1 amide bonds. The number of halogens is 2. The molecule has 2 aromatic heterocycles. The van der Waals surface area contributed by atoms with Gasteiger partial charge in [-0.15, -0.1) is 11.3 Å². The Kier molecular flexibility index (Phi) is 8.59. The van der Waals surface area contributed by atoms with Crippen molar-refractivity contribution in [1.29, 1.82) is 0 Å². The van der Waals surface area contributed by atoms with Crippen LogP contribution in [0.5, 0.6) is 0 Å². The van der Waals surface area contributed by atoms with Crippen LogP contribution in [-0.2, 0) is 23.4 Å². The highest BCUT2D eigenvalue weighted by Gasteiger charge is 2.44. The van der Waals surface area contributed by atoms with Gasteiger partial charge in [-0.05, 0) is 57.4 Å². The van der Waals surface area contributed by atoms with E-state index in [1.807, 2.05) is 17.5 Å². The number of ether oxygens (including phenoxy) is 1. The highest BCUT2D eigenvalue weighted by molar-refractivity contribution is 7.80. The van der Waals surface area contributed by atoms with Crippen LogP contribution in [0.4, 0.5) is 13.6 Å². The van der Waals surface area contributed by atoms with Gasteiger partial charge in [-0.25, -0.2) is 28.7 Å². The third-order valence-corrected chi connectivity index (χ3v) is 6.39. The molecule has 0 bridgehead atoms. The number of aliphatic hydroxyl groups is 1. The smallest absolute Gasteiger partial charge is 0.426 e. The fourth-order valence-corrected chi connectivity index (χ4v) is 4.36. The zero-order valence-electron chi connectivity index (χ0n) is 20.2. The summed E-state index contributed by atoms with van der Waals surface area (Å²) in [5.74, 6) is -1.77. The number of carbonyl (C=O) groups is 1. The third-order valence-electron chi connectivity index (χ3n) is 5.17. The molecule has 0 spiro atoms. The summed E-state index contributed by atoms with van der Waals surface area (Å²) in [6.07, 6.45) is 1.77. The third kappa shape index (κ3) is 6.95. The highest BCUT2D eigenvalue weighted by atomic mass is 32.1. The molecule has 0 saturated heterocycles. The Bertz CT molecular complexity index is 1170. The number of nitrogens with zero attached hydrogens (tertiary/aromatic N) is 4. The van der Waals surface area contributed by atoms with Crippen LogP contribution in [0, 0.1) is 11.6 Å². The van der Waals surface area contributed by atoms with Crippen molar-refractivity contribution in [3.63, 3.8) is 0 Å². The summed E-state index contributed by atoms with van der Waals surface area (Å²) in [6, 6.07) is 5.55. The normalized spacial score (nSPS) is 14.0. The Morgan fingerprint density at radius 2 is 2.08 bits per heavy atom. The number of hydrogen-bond acceptors (Lipinski definition) is 7. The first kappa shape index (κ1) is 27.4. The van der Waals surface area contributed by atoms with Gasteiger partial charge >= 0.3 is 6.09 Å². The molecule has 0 fully saturated rings. The molecule has 0 radical (unpaired) electrons. The highest BCUT2D eigenvalue weighted by Crippen LogP contribution is 2.32.